The summed E-state index contributed by atoms with van der Waals surface area (Å²) in [6.07, 6.45) is 3.39. The van der Waals surface area contributed by atoms with Gasteiger partial charge in [0.25, 0.3) is 5.91 Å². The Hall–Kier alpha value is -3.44. The molecule has 4 rings (SSSR count). The number of rotatable bonds is 1. The lowest BCUT2D eigenvalue weighted by Gasteiger charge is -2.13. The minimum atomic E-state index is -1.70. The molecule has 27 heavy (non-hydrogen) atoms. The van der Waals surface area contributed by atoms with E-state index in [0.29, 0.717) is 28.7 Å². The highest BCUT2D eigenvalue weighted by molar-refractivity contribution is 5.93. The summed E-state index contributed by atoms with van der Waals surface area (Å²) in [5.41, 5.74) is 6.34. The van der Waals surface area contributed by atoms with Crippen molar-refractivity contribution in [1.82, 2.24) is 19.9 Å². The molecule has 1 unspecified atom stereocenters. The van der Waals surface area contributed by atoms with Crippen molar-refractivity contribution in [3.05, 3.63) is 42.0 Å². The number of aliphatic hydroxyl groups is 1. The lowest BCUT2D eigenvalue weighted by atomic mass is 10.0. The number of hydrogen-bond donors (Lipinski definition) is 3. The highest BCUT2D eigenvalue weighted by Crippen LogP contribution is 2.30. The fraction of sp³-hybridized carbons (Fsp3) is 0.211. The number of nitrogens with two attached hydrogens (primary N) is 1. The minimum absolute atomic E-state index is 0.0887. The van der Waals surface area contributed by atoms with Crippen molar-refractivity contribution in [2.75, 3.05) is 19.3 Å². The Kier molecular flexibility index (Phi) is 3.82. The largest absolute Gasteiger partial charge is 0.369 e. The van der Waals surface area contributed by atoms with Crippen LogP contribution in [0, 0.1) is 17.7 Å². The van der Waals surface area contributed by atoms with Gasteiger partial charge in [-0.05, 0) is 18.2 Å². The zero-order chi connectivity index (χ0) is 19.2. The third-order valence-corrected chi connectivity index (χ3v) is 4.61. The molecule has 4 N–H and O–H groups in total. The molecular weight excluding hydrogens is 349 g/mol. The van der Waals surface area contributed by atoms with Gasteiger partial charge in [-0.3, -0.25) is 4.79 Å². The molecule has 0 aliphatic carbocycles. The molecule has 3 aromatic rings. The van der Waals surface area contributed by atoms with Gasteiger partial charge in [0.05, 0.1) is 11.7 Å². The van der Waals surface area contributed by atoms with E-state index in [-0.39, 0.29) is 17.9 Å². The highest BCUT2D eigenvalue weighted by Gasteiger charge is 2.42. The van der Waals surface area contributed by atoms with E-state index in [1.54, 1.807) is 19.3 Å². The molecule has 136 valence electrons. The monoisotopic (exact) mass is 365 g/mol. The Labute approximate surface area is 154 Å². The van der Waals surface area contributed by atoms with Gasteiger partial charge in [0.2, 0.25) is 11.5 Å². The standard InChI is InChI=1S/C19H16FN5O2/c1-25-7-6-19(27,17(25)26)5-4-11-2-3-14(20)12(8-11)13-9-22-15-10-23-18(21)24-16(13)15/h2-3,8-10,22,27H,6-7H2,1H3,(H2,21,23,24). The van der Waals surface area contributed by atoms with E-state index < -0.39 is 17.3 Å². The first-order chi connectivity index (χ1) is 12.9. The van der Waals surface area contributed by atoms with Gasteiger partial charge in [0.15, 0.2) is 0 Å². The molecule has 1 fully saturated rings. The molecule has 1 aliphatic rings. The van der Waals surface area contributed by atoms with E-state index in [9.17, 15) is 14.3 Å². The summed E-state index contributed by atoms with van der Waals surface area (Å²) < 4.78 is 14.4. The van der Waals surface area contributed by atoms with Gasteiger partial charge in [-0.1, -0.05) is 11.8 Å². The second-order valence-corrected chi connectivity index (χ2v) is 6.47. The Balaban J connectivity index is 1.76. The van der Waals surface area contributed by atoms with Crippen LogP contribution in [0.1, 0.15) is 12.0 Å². The smallest absolute Gasteiger partial charge is 0.267 e. The molecule has 0 saturated carbocycles. The van der Waals surface area contributed by atoms with E-state index in [4.69, 9.17) is 5.73 Å². The predicted molar refractivity (Wildman–Crippen MR) is 97.8 cm³/mol. The Morgan fingerprint density at radius 2 is 2.22 bits per heavy atom. The van der Waals surface area contributed by atoms with E-state index in [0.717, 1.165) is 0 Å². The average Bonchev–Trinajstić information content (AvgIpc) is 3.18. The van der Waals surface area contributed by atoms with Crippen LogP contribution in [0.3, 0.4) is 0 Å². The fourth-order valence-electron chi connectivity index (χ4n) is 3.08. The Morgan fingerprint density at radius 3 is 2.96 bits per heavy atom. The molecule has 1 saturated heterocycles. The van der Waals surface area contributed by atoms with Crippen LogP contribution in [0.2, 0.25) is 0 Å². The van der Waals surface area contributed by atoms with E-state index >= 15 is 0 Å². The molecule has 1 amide bonds. The quantitative estimate of drug-likeness (QED) is 0.563. The summed E-state index contributed by atoms with van der Waals surface area (Å²) in [4.78, 5) is 24.5. The van der Waals surface area contributed by atoms with Crippen molar-refractivity contribution < 1.29 is 14.3 Å². The first kappa shape index (κ1) is 17.0. The molecule has 8 heteroatoms. The number of fused-ring (bicyclic) bond motifs is 1. The van der Waals surface area contributed by atoms with Gasteiger partial charge in [0, 0.05) is 42.9 Å². The highest BCUT2D eigenvalue weighted by atomic mass is 19.1. The molecule has 1 aromatic carbocycles. The van der Waals surface area contributed by atoms with Crippen LogP contribution in [0.25, 0.3) is 22.2 Å². The molecule has 3 heterocycles. The molecule has 0 spiro atoms. The van der Waals surface area contributed by atoms with Crippen molar-refractivity contribution in [1.29, 1.82) is 0 Å². The molecular formula is C19H16FN5O2. The van der Waals surface area contributed by atoms with Gasteiger partial charge in [0.1, 0.15) is 11.3 Å². The fourth-order valence-corrected chi connectivity index (χ4v) is 3.08. The number of nitrogens with one attached hydrogen (secondary N) is 1. The van der Waals surface area contributed by atoms with Crippen LogP contribution in [-0.4, -0.2) is 50.1 Å². The van der Waals surface area contributed by atoms with Crippen LogP contribution in [0.4, 0.5) is 10.3 Å². The van der Waals surface area contributed by atoms with Crippen molar-refractivity contribution in [3.8, 4) is 23.0 Å². The number of hydrogen-bond acceptors (Lipinski definition) is 5. The van der Waals surface area contributed by atoms with E-state index in [1.165, 1.54) is 23.2 Å². The number of H-pyrrole nitrogens is 1. The maximum atomic E-state index is 14.4. The van der Waals surface area contributed by atoms with E-state index in [2.05, 4.69) is 26.8 Å². The number of nitrogens with zero attached hydrogens (tertiary/aromatic N) is 3. The first-order valence-electron chi connectivity index (χ1n) is 8.28. The first-order valence-corrected chi connectivity index (χ1v) is 8.28. The molecule has 0 bridgehead atoms. The average molecular weight is 365 g/mol. The normalized spacial score (nSPS) is 19.4. The number of likely N-dealkylation sites (N-methyl/N-ethyl adjacent to an activating group) is 1. The number of aromatic amines is 1. The lowest BCUT2D eigenvalue weighted by molar-refractivity contribution is -0.137. The maximum absolute atomic E-state index is 14.4. The van der Waals surface area contributed by atoms with Crippen LogP contribution in [0.5, 0.6) is 0 Å². The van der Waals surface area contributed by atoms with Gasteiger partial charge in [-0.25, -0.2) is 14.4 Å². The minimum Gasteiger partial charge on any atom is -0.369 e. The lowest BCUT2D eigenvalue weighted by Crippen LogP contribution is -2.37. The van der Waals surface area contributed by atoms with Crippen LogP contribution >= 0.6 is 0 Å². The number of carbonyl (C=O) groups excluding carboxylic acids is 1. The summed E-state index contributed by atoms with van der Waals surface area (Å²) in [5.74, 6) is 4.63. The summed E-state index contributed by atoms with van der Waals surface area (Å²) in [5, 5.41) is 10.4. The van der Waals surface area contributed by atoms with Crippen LogP contribution < -0.4 is 5.73 Å². The number of halogens is 1. The second kappa shape index (κ2) is 6.07. The van der Waals surface area contributed by atoms with Crippen molar-refractivity contribution in [3.63, 3.8) is 0 Å². The molecule has 0 radical (unpaired) electrons. The van der Waals surface area contributed by atoms with Crippen LogP contribution in [-0.2, 0) is 4.79 Å². The topological polar surface area (TPSA) is 108 Å². The van der Waals surface area contributed by atoms with Gasteiger partial charge in [-0.2, -0.15) is 0 Å². The number of anilines is 1. The zero-order valence-corrected chi connectivity index (χ0v) is 14.5. The third-order valence-electron chi connectivity index (χ3n) is 4.61. The SMILES string of the molecule is CN1CCC(O)(C#Cc2ccc(F)c(-c3c[nH]c4cnc(N)nc34)c2)C1=O. The second-order valence-electron chi connectivity index (χ2n) is 6.47. The number of aromatic nitrogens is 3. The third kappa shape index (κ3) is 2.88. The predicted octanol–water partition coefficient (Wildman–Crippen LogP) is 1.29. The molecule has 1 aliphatic heterocycles. The van der Waals surface area contributed by atoms with Crippen molar-refractivity contribution >= 4 is 22.9 Å². The van der Waals surface area contributed by atoms with Crippen LogP contribution in [0.15, 0.2) is 30.6 Å². The number of likely N-dealkylation sites (tertiary alicyclic amines) is 1. The number of benzene rings is 1. The Morgan fingerprint density at radius 1 is 1.41 bits per heavy atom. The summed E-state index contributed by atoms with van der Waals surface area (Å²) in [6.45, 7) is 0.440. The maximum Gasteiger partial charge on any atom is 0.267 e. The number of amides is 1. The summed E-state index contributed by atoms with van der Waals surface area (Å²) >= 11 is 0. The summed E-state index contributed by atoms with van der Waals surface area (Å²) in [6, 6.07) is 4.33. The van der Waals surface area contributed by atoms with Crippen molar-refractivity contribution in [2.24, 2.45) is 0 Å². The number of nitrogen functional groups attached to an aromatic ring is 1. The van der Waals surface area contributed by atoms with Gasteiger partial charge >= 0.3 is 0 Å². The summed E-state index contributed by atoms with van der Waals surface area (Å²) in [7, 11) is 1.61. The molecule has 1 atom stereocenters. The number of carbonyl (C=O) groups is 1. The molecule has 2 aromatic heterocycles. The zero-order valence-electron chi connectivity index (χ0n) is 14.5. The molecule has 7 nitrogen and oxygen atoms in total. The van der Waals surface area contributed by atoms with Gasteiger partial charge in [-0.15, -0.1) is 0 Å². The van der Waals surface area contributed by atoms with E-state index in [1.807, 2.05) is 0 Å². The Bertz CT molecular complexity index is 1130. The van der Waals surface area contributed by atoms with Gasteiger partial charge < -0.3 is 20.7 Å². The van der Waals surface area contributed by atoms with Crippen molar-refractivity contribution in [2.45, 2.75) is 12.0 Å².